The SMILES string of the molecule is CC(C)c1ccc(N2C(=S)N[C@H](c3ccccn3)[C@H]2c2cccn2-c2ccc(Cl)cc2Cl)cc1. The van der Waals surface area contributed by atoms with Crippen LogP contribution in [0.4, 0.5) is 5.69 Å². The van der Waals surface area contributed by atoms with Crippen LogP contribution in [0.3, 0.4) is 0 Å². The Balaban J connectivity index is 1.65. The Morgan fingerprint density at radius 1 is 0.971 bits per heavy atom. The van der Waals surface area contributed by atoms with E-state index in [-0.39, 0.29) is 12.1 Å². The van der Waals surface area contributed by atoms with Crippen LogP contribution in [0.5, 0.6) is 0 Å². The molecule has 0 aliphatic carbocycles. The van der Waals surface area contributed by atoms with Crippen LogP contribution in [0.1, 0.15) is 48.8 Å². The molecule has 2 aromatic heterocycles. The summed E-state index contributed by atoms with van der Waals surface area (Å²) in [6, 6.07) is 24.0. The van der Waals surface area contributed by atoms with E-state index in [2.05, 4.69) is 63.9 Å². The Hall–Kier alpha value is -2.86. The van der Waals surface area contributed by atoms with Crippen LogP contribution in [0.15, 0.2) is 85.2 Å². The number of aromatic nitrogens is 2. The Kier molecular flexibility index (Phi) is 6.34. The molecule has 34 heavy (non-hydrogen) atoms. The first-order valence-corrected chi connectivity index (χ1v) is 12.3. The van der Waals surface area contributed by atoms with Crippen molar-refractivity contribution in [2.24, 2.45) is 0 Å². The third-order valence-electron chi connectivity index (χ3n) is 6.19. The maximum atomic E-state index is 6.61. The number of hydrogen-bond acceptors (Lipinski definition) is 2. The second kappa shape index (κ2) is 9.41. The zero-order valence-electron chi connectivity index (χ0n) is 18.8. The predicted octanol–water partition coefficient (Wildman–Crippen LogP) is 7.48. The molecule has 1 aliphatic heterocycles. The number of pyridine rings is 1. The molecule has 3 heterocycles. The van der Waals surface area contributed by atoms with Crippen molar-refractivity contribution in [1.82, 2.24) is 14.9 Å². The molecule has 0 saturated carbocycles. The van der Waals surface area contributed by atoms with Crippen LogP contribution in [-0.4, -0.2) is 14.7 Å². The number of nitrogens with zero attached hydrogens (tertiary/aromatic N) is 3. The molecule has 5 rings (SSSR count). The molecule has 2 atom stereocenters. The largest absolute Gasteiger partial charge is 0.351 e. The van der Waals surface area contributed by atoms with E-state index in [9.17, 15) is 0 Å². The average Bonchev–Trinajstić information content (AvgIpc) is 3.44. The minimum Gasteiger partial charge on any atom is -0.351 e. The van der Waals surface area contributed by atoms with Gasteiger partial charge in [-0.25, -0.2) is 0 Å². The minimum absolute atomic E-state index is 0.141. The fraction of sp³-hybridized carbons (Fsp3) is 0.185. The molecule has 0 spiro atoms. The van der Waals surface area contributed by atoms with E-state index >= 15 is 0 Å². The topological polar surface area (TPSA) is 33.1 Å². The number of thiocarbonyl (C=S) groups is 1. The summed E-state index contributed by atoms with van der Waals surface area (Å²) in [6.45, 7) is 4.39. The van der Waals surface area contributed by atoms with Gasteiger partial charge < -0.3 is 14.8 Å². The summed E-state index contributed by atoms with van der Waals surface area (Å²) >= 11 is 18.6. The number of anilines is 1. The van der Waals surface area contributed by atoms with Gasteiger partial charge in [-0.05, 0) is 78.3 Å². The van der Waals surface area contributed by atoms with Gasteiger partial charge >= 0.3 is 0 Å². The number of halogens is 2. The van der Waals surface area contributed by atoms with Gasteiger partial charge in [0.15, 0.2) is 5.11 Å². The van der Waals surface area contributed by atoms with E-state index in [0.29, 0.717) is 21.1 Å². The molecule has 1 N–H and O–H groups in total. The molecule has 1 fully saturated rings. The average molecular weight is 507 g/mol. The Morgan fingerprint density at radius 2 is 1.76 bits per heavy atom. The summed E-state index contributed by atoms with van der Waals surface area (Å²) in [6.07, 6.45) is 3.83. The quantitative estimate of drug-likeness (QED) is 0.284. The first-order valence-electron chi connectivity index (χ1n) is 11.2. The van der Waals surface area contributed by atoms with Crippen molar-refractivity contribution >= 4 is 46.2 Å². The maximum absolute atomic E-state index is 6.61. The molecule has 172 valence electrons. The van der Waals surface area contributed by atoms with E-state index < -0.39 is 0 Å². The fourth-order valence-electron chi connectivity index (χ4n) is 4.48. The van der Waals surface area contributed by atoms with Gasteiger partial charge in [0.25, 0.3) is 0 Å². The molecule has 2 aromatic carbocycles. The summed E-state index contributed by atoms with van der Waals surface area (Å²) in [5.41, 5.74) is 5.14. The number of nitrogens with one attached hydrogen (secondary N) is 1. The first-order chi connectivity index (χ1) is 16.4. The fourth-order valence-corrected chi connectivity index (χ4v) is 5.33. The second-order valence-corrected chi connectivity index (χ2v) is 9.87. The lowest BCUT2D eigenvalue weighted by molar-refractivity contribution is 0.549. The van der Waals surface area contributed by atoms with Gasteiger partial charge in [0.2, 0.25) is 0 Å². The standard InChI is InChI=1S/C27H24Cl2N4S/c1-17(2)18-8-11-20(12-9-18)33-26(25(31-27(33)34)22-6-3-4-14-30-22)24-7-5-15-32(24)23-13-10-19(28)16-21(23)29/h3-17,25-26H,1-2H3,(H,31,34)/t25-,26-/m1/s1. The highest BCUT2D eigenvalue weighted by Crippen LogP contribution is 2.43. The van der Waals surface area contributed by atoms with Crippen LogP contribution in [0.2, 0.25) is 10.0 Å². The van der Waals surface area contributed by atoms with Gasteiger partial charge in [0, 0.05) is 28.8 Å². The summed E-state index contributed by atoms with van der Waals surface area (Å²) < 4.78 is 2.10. The van der Waals surface area contributed by atoms with Crippen LogP contribution in [-0.2, 0) is 0 Å². The van der Waals surface area contributed by atoms with Gasteiger partial charge in [-0.1, -0.05) is 55.2 Å². The summed E-state index contributed by atoms with van der Waals surface area (Å²) in [4.78, 5) is 6.83. The lowest BCUT2D eigenvalue weighted by Gasteiger charge is -2.29. The molecule has 1 aliphatic rings. The molecule has 4 nitrogen and oxygen atoms in total. The molecular formula is C27H24Cl2N4S. The maximum Gasteiger partial charge on any atom is 0.174 e. The third-order valence-corrected chi connectivity index (χ3v) is 7.04. The zero-order valence-corrected chi connectivity index (χ0v) is 21.1. The van der Waals surface area contributed by atoms with E-state index in [1.807, 2.05) is 48.8 Å². The van der Waals surface area contributed by atoms with E-state index in [1.54, 1.807) is 6.07 Å². The highest BCUT2D eigenvalue weighted by atomic mass is 35.5. The van der Waals surface area contributed by atoms with Crippen molar-refractivity contribution in [3.05, 3.63) is 112 Å². The van der Waals surface area contributed by atoms with Crippen molar-refractivity contribution in [3.63, 3.8) is 0 Å². The van der Waals surface area contributed by atoms with E-state index in [4.69, 9.17) is 35.4 Å². The van der Waals surface area contributed by atoms with Crippen LogP contribution in [0.25, 0.3) is 5.69 Å². The number of benzene rings is 2. The van der Waals surface area contributed by atoms with Gasteiger partial charge in [-0.15, -0.1) is 0 Å². The van der Waals surface area contributed by atoms with Gasteiger partial charge in [-0.2, -0.15) is 0 Å². The molecule has 0 amide bonds. The molecule has 0 radical (unpaired) electrons. The molecular weight excluding hydrogens is 483 g/mol. The van der Waals surface area contributed by atoms with E-state index in [1.165, 1.54) is 5.56 Å². The van der Waals surface area contributed by atoms with Gasteiger partial charge in [0.1, 0.15) is 6.04 Å². The van der Waals surface area contributed by atoms with Crippen LogP contribution < -0.4 is 10.2 Å². The number of rotatable bonds is 5. The molecule has 0 bridgehead atoms. The zero-order chi connectivity index (χ0) is 23.8. The third kappa shape index (κ3) is 4.20. The second-order valence-electron chi connectivity index (χ2n) is 8.64. The lowest BCUT2D eigenvalue weighted by atomic mass is 9.99. The van der Waals surface area contributed by atoms with E-state index in [0.717, 1.165) is 22.8 Å². The van der Waals surface area contributed by atoms with Crippen LogP contribution in [0, 0.1) is 0 Å². The Morgan fingerprint density at radius 3 is 2.44 bits per heavy atom. The van der Waals surface area contributed by atoms with Crippen molar-refractivity contribution in [3.8, 4) is 5.69 Å². The predicted molar refractivity (Wildman–Crippen MR) is 144 cm³/mol. The van der Waals surface area contributed by atoms with Crippen molar-refractivity contribution in [1.29, 1.82) is 0 Å². The Bertz CT molecular complexity index is 1320. The first kappa shape index (κ1) is 22.9. The molecule has 4 aromatic rings. The minimum atomic E-state index is -0.144. The molecule has 7 heteroatoms. The summed E-state index contributed by atoms with van der Waals surface area (Å²) in [7, 11) is 0. The normalized spacial score (nSPS) is 17.9. The smallest absolute Gasteiger partial charge is 0.174 e. The molecule has 1 saturated heterocycles. The summed E-state index contributed by atoms with van der Waals surface area (Å²) in [5.74, 6) is 0.457. The number of hydrogen-bond donors (Lipinski definition) is 1. The highest BCUT2D eigenvalue weighted by Gasteiger charge is 2.42. The Labute approximate surface area is 215 Å². The van der Waals surface area contributed by atoms with Gasteiger partial charge in [0.05, 0.1) is 22.4 Å². The van der Waals surface area contributed by atoms with Gasteiger partial charge in [-0.3, -0.25) is 4.98 Å². The van der Waals surface area contributed by atoms with Crippen molar-refractivity contribution in [2.75, 3.05) is 4.90 Å². The van der Waals surface area contributed by atoms with Crippen LogP contribution >= 0.6 is 35.4 Å². The molecule has 0 unspecified atom stereocenters. The van der Waals surface area contributed by atoms with Crippen molar-refractivity contribution < 1.29 is 0 Å². The lowest BCUT2D eigenvalue weighted by Crippen LogP contribution is -2.30. The highest BCUT2D eigenvalue weighted by molar-refractivity contribution is 7.80. The monoisotopic (exact) mass is 506 g/mol. The summed E-state index contributed by atoms with van der Waals surface area (Å²) in [5, 5.41) is 5.37. The van der Waals surface area contributed by atoms with Crippen molar-refractivity contribution in [2.45, 2.75) is 31.8 Å².